The molecular weight excluding hydrogens is 1100 g/mol. The molecule has 5 aliphatic heterocycles. The standard InChI is InChI=1S/C61H92N2O21/c1-27-14-17-42(80-47-25-59(10,63(72)73)54(35(9)79-47)62-58(71)75-13)28(2)19-37-20-36(26-64)31(5)24-61(37)56(69)48(57(70)84-61)55(68)60(11)39(27)16-15-38-49(60)29(3)18-30(4)51(38)82-46-23-43(50(67)32(6)76-46)81-44-22-41(66)53(34(8)78-44)83-45-21-40(65)52(74-12)33(7)77-45/h14-16,19-20,29-35,37-47,49-54,63-68,72H,17-18,21-26H2,1-13H3,(H,62,71)/b27-14+,28-19+,55-48+/t29-,30+,31-,32-,33-,34-,35+,37-,38+,39-,40+,41+,42+,43+,44-,45+,46-,47-,49+,50-,51-,52-,53-,54-,59-,60+,61-/m0/s1. The van der Waals surface area contributed by atoms with Gasteiger partial charge in [0, 0.05) is 56.0 Å². The maximum Gasteiger partial charge on any atom is 0.407 e. The van der Waals surface area contributed by atoms with Crippen LogP contribution in [0.5, 0.6) is 0 Å². The Kier molecular flexibility index (Phi) is 19.6. The van der Waals surface area contributed by atoms with E-state index in [1.807, 2.05) is 39.8 Å². The second-order valence-electron chi connectivity index (χ2n) is 26.1. The summed E-state index contributed by atoms with van der Waals surface area (Å²) in [7, 11) is 2.69. The van der Waals surface area contributed by atoms with Crippen molar-refractivity contribution < 1.29 is 102 Å². The van der Waals surface area contributed by atoms with E-state index in [4.69, 9.17) is 52.1 Å². The lowest BCUT2D eigenvalue weighted by molar-refractivity contribution is -1.09. The highest BCUT2D eigenvalue weighted by molar-refractivity contribution is 6.26. The first-order valence-electron chi connectivity index (χ1n) is 30.1. The van der Waals surface area contributed by atoms with Crippen molar-refractivity contribution in [3.05, 3.63) is 63.6 Å². The van der Waals surface area contributed by atoms with Crippen molar-refractivity contribution in [3.63, 3.8) is 0 Å². The number of methoxy groups -OCH3 is 2. The summed E-state index contributed by atoms with van der Waals surface area (Å²) in [6.07, 6.45) is -3.13. The number of carbonyl (C=O) groups is 3. The van der Waals surface area contributed by atoms with Crippen LogP contribution in [0.15, 0.2) is 58.4 Å². The molecule has 4 aliphatic carbocycles. The lowest BCUT2D eigenvalue weighted by atomic mass is 9.49. The van der Waals surface area contributed by atoms with E-state index in [1.165, 1.54) is 21.1 Å². The van der Waals surface area contributed by atoms with Crippen LogP contribution >= 0.6 is 0 Å². The number of alkyl carbamates (subject to hydrolysis) is 1. The Bertz CT molecular complexity index is 2550. The molecule has 2 bridgehead atoms. The molecular formula is C61H92N2O21. The van der Waals surface area contributed by atoms with E-state index in [0.717, 1.165) is 5.57 Å². The summed E-state index contributed by atoms with van der Waals surface area (Å²) in [6, 6.07) is -0.982. The number of aliphatic hydroxyl groups excluding tert-OH is 5. The first-order chi connectivity index (χ1) is 39.6. The molecule has 5 saturated heterocycles. The van der Waals surface area contributed by atoms with E-state index in [0.29, 0.717) is 17.6 Å². The molecule has 84 heavy (non-hydrogen) atoms. The van der Waals surface area contributed by atoms with Gasteiger partial charge in [-0.25, -0.2) is 20.0 Å². The van der Waals surface area contributed by atoms with Gasteiger partial charge in [0.25, 0.3) is 0 Å². The number of hydrogen-bond donors (Lipinski definition) is 8. The second kappa shape index (κ2) is 25.4. The van der Waals surface area contributed by atoms with Gasteiger partial charge in [0.2, 0.25) is 5.78 Å². The quantitative estimate of drug-likeness (QED) is 0.0591. The molecule has 1 unspecified atom stereocenters. The predicted molar refractivity (Wildman–Crippen MR) is 297 cm³/mol. The number of nitrogens with one attached hydrogen (secondary N) is 2. The number of Topliss-reactive ketones (excluding diaryl/α,β-unsaturated/α-hetero) is 1. The summed E-state index contributed by atoms with van der Waals surface area (Å²) >= 11 is 0. The summed E-state index contributed by atoms with van der Waals surface area (Å²) in [6.45, 7) is 19.8. The van der Waals surface area contributed by atoms with E-state index in [-0.39, 0.29) is 62.7 Å². The van der Waals surface area contributed by atoms with Crippen LogP contribution in [0.3, 0.4) is 0 Å². The number of hydrogen-bond acceptors (Lipinski definition) is 21. The molecule has 1 amide bonds. The molecule has 23 heteroatoms. The zero-order chi connectivity index (χ0) is 61.2. The average Bonchev–Trinajstić information content (AvgIpc) is 2.80. The molecule has 0 radical (unpaired) electrons. The predicted octanol–water partition coefficient (Wildman–Crippen LogP) is 4.07. The second-order valence-corrected chi connectivity index (χ2v) is 26.1. The number of carbonyl (C=O) groups excluding carboxylic acids is 3. The van der Waals surface area contributed by atoms with Crippen molar-refractivity contribution in [2.45, 2.75) is 237 Å². The largest absolute Gasteiger partial charge is 0.600 e. The number of fused-ring (bicyclic) bond motifs is 4. The summed E-state index contributed by atoms with van der Waals surface area (Å²) in [5, 5.41) is 82.6. The van der Waals surface area contributed by atoms with Gasteiger partial charge in [-0.15, -0.1) is 0 Å². The highest BCUT2D eigenvalue weighted by atomic mass is 16.8. The average molecular weight is 1190 g/mol. The Labute approximate surface area is 492 Å². The summed E-state index contributed by atoms with van der Waals surface area (Å²) in [4.78, 5) is 42.7. The summed E-state index contributed by atoms with van der Waals surface area (Å²) in [5.41, 5.74) is -3.10. The number of hydroxylamine groups is 2. The number of esters is 1. The van der Waals surface area contributed by atoms with Crippen LogP contribution in [0.2, 0.25) is 0 Å². The van der Waals surface area contributed by atoms with Gasteiger partial charge >= 0.3 is 12.1 Å². The van der Waals surface area contributed by atoms with Crippen molar-refractivity contribution in [1.29, 1.82) is 0 Å². The number of ketones is 1. The van der Waals surface area contributed by atoms with Crippen molar-refractivity contribution in [1.82, 2.24) is 5.32 Å². The zero-order valence-corrected chi connectivity index (χ0v) is 50.7. The first kappa shape index (κ1) is 64.7. The Balaban J connectivity index is 1.01. The van der Waals surface area contributed by atoms with Crippen LogP contribution < -0.4 is 10.5 Å². The Morgan fingerprint density at radius 1 is 0.762 bits per heavy atom. The number of aliphatic hydroxyl groups is 5. The SMILES string of the molecule is COC(=O)N[C@H]1[C@@H](C)O[C@@H](O[C@@H]2C/C=C(\C)[C@@H]3C=C[C@H]4[C@@H](O[C@H]5C[C@@H](O[C@H]6C[C@@H](O)[C@@H](O[C@@H]7C[C@@H](O)[C@@H](OC)[C@H](C)O7)[C@H](C)O6)[C@@H](O)[C@H](C)O5)[C@H](C)C[C@H](C)[C@H]4[C@]3(C)/C(O)=C3\C(=O)O[C@]4(C[C@H](C)C(CO)=C[C@@H]4/C=C/2C)C3=O)C[C@]1(C)[NH+]([O-])O. The third kappa shape index (κ3) is 12.0. The van der Waals surface area contributed by atoms with E-state index in [9.17, 15) is 45.5 Å². The molecule has 6 fully saturated rings. The molecule has 28 atom stereocenters. The lowest BCUT2D eigenvalue weighted by Crippen LogP contribution is -3.17. The lowest BCUT2D eigenvalue weighted by Gasteiger charge is -2.56. The van der Waals surface area contributed by atoms with Crippen molar-refractivity contribution >= 4 is 17.8 Å². The maximum atomic E-state index is 15.6. The van der Waals surface area contributed by atoms with Crippen molar-refractivity contribution in [2.24, 2.45) is 46.8 Å². The van der Waals surface area contributed by atoms with Crippen LogP contribution in [0.1, 0.15) is 121 Å². The minimum atomic E-state index is -1.81. The molecule has 0 aromatic rings. The fourth-order valence-corrected chi connectivity index (χ4v) is 15.9. The first-order valence-corrected chi connectivity index (χ1v) is 30.1. The number of rotatable bonds is 12. The van der Waals surface area contributed by atoms with Gasteiger partial charge < -0.3 is 88.2 Å². The molecule has 5 heterocycles. The molecule has 8 N–H and O–H groups in total. The van der Waals surface area contributed by atoms with Crippen LogP contribution in [0, 0.1) is 52.0 Å². The number of ether oxygens (including phenoxy) is 11. The molecule has 1 saturated carbocycles. The topological polar surface area (TPSA) is 314 Å². The van der Waals surface area contributed by atoms with Crippen LogP contribution in [-0.2, 0) is 61.7 Å². The molecule has 0 aromatic carbocycles. The molecule has 1 spiro atoms. The van der Waals surface area contributed by atoms with Gasteiger partial charge in [0.05, 0.1) is 75.1 Å². The van der Waals surface area contributed by atoms with Crippen LogP contribution in [0.25, 0.3) is 0 Å². The summed E-state index contributed by atoms with van der Waals surface area (Å²) < 4.78 is 68.1. The van der Waals surface area contributed by atoms with Crippen LogP contribution in [-0.4, -0.2) is 185 Å². The fourth-order valence-electron chi connectivity index (χ4n) is 15.9. The van der Waals surface area contributed by atoms with Crippen LogP contribution in [0.4, 0.5) is 4.79 Å². The van der Waals surface area contributed by atoms with E-state index in [2.05, 4.69) is 25.2 Å². The van der Waals surface area contributed by atoms with Gasteiger partial charge in [-0.3, -0.25) is 4.79 Å². The molecule has 9 aliphatic rings. The Morgan fingerprint density at radius 2 is 1.38 bits per heavy atom. The van der Waals surface area contributed by atoms with E-state index in [1.54, 1.807) is 39.8 Å². The smallest absolute Gasteiger partial charge is 0.407 e. The van der Waals surface area contributed by atoms with E-state index >= 15 is 4.79 Å². The molecule has 9 rings (SSSR count). The highest BCUT2D eigenvalue weighted by Crippen LogP contribution is 2.61. The number of amides is 1. The minimum absolute atomic E-state index is 0.0143. The zero-order valence-electron chi connectivity index (χ0n) is 50.7. The molecule has 23 nitrogen and oxygen atoms in total. The number of quaternary nitrogens is 1. The highest BCUT2D eigenvalue weighted by Gasteiger charge is 2.64. The molecule has 472 valence electrons. The third-order valence-corrected chi connectivity index (χ3v) is 20.4. The maximum absolute atomic E-state index is 15.6. The molecule has 0 aromatic heterocycles. The Hall–Kier alpha value is -3.73. The van der Waals surface area contributed by atoms with Crippen molar-refractivity contribution in [2.75, 3.05) is 20.8 Å². The normalized spacial score (nSPS) is 49.8. The van der Waals surface area contributed by atoms with E-state index < -0.39 is 179 Å². The van der Waals surface area contributed by atoms with Gasteiger partial charge in [-0.05, 0) is 96.1 Å². The van der Waals surface area contributed by atoms with Gasteiger partial charge in [-0.2, -0.15) is 0 Å². The Morgan fingerprint density at radius 3 is 2.01 bits per heavy atom. The van der Waals surface area contributed by atoms with Gasteiger partial charge in [-0.1, -0.05) is 63.6 Å². The number of allylic oxidation sites excluding steroid dienone is 3. The summed E-state index contributed by atoms with van der Waals surface area (Å²) in [5.74, 6) is -5.01. The third-order valence-electron chi connectivity index (χ3n) is 20.4. The van der Waals surface area contributed by atoms with Gasteiger partial charge in [0.1, 0.15) is 35.7 Å². The van der Waals surface area contributed by atoms with Gasteiger partial charge in [0.15, 0.2) is 36.3 Å². The fraction of sp³-hybridized carbons (Fsp3) is 0.787. The minimum Gasteiger partial charge on any atom is -0.600 e. The monoisotopic (exact) mass is 1190 g/mol. The van der Waals surface area contributed by atoms with Crippen molar-refractivity contribution in [3.8, 4) is 0 Å².